The van der Waals surface area contributed by atoms with Gasteiger partial charge in [-0.25, -0.2) is 0 Å². The van der Waals surface area contributed by atoms with Gasteiger partial charge in [-0.1, -0.05) is 28.1 Å². The number of hydrogen-bond acceptors (Lipinski definition) is 6. The lowest BCUT2D eigenvalue weighted by Crippen LogP contribution is -2.29. The molecule has 0 saturated carbocycles. The fraction of sp³-hybridized carbons (Fsp3) is 0.130. The largest absolute Gasteiger partial charge is 0.507 e. The first-order valence-corrected chi connectivity index (χ1v) is 11.0. The summed E-state index contributed by atoms with van der Waals surface area (Å²) in [5, 5.41) is 13.1. The maximum absolute atomic E-state index is 13.2. The van der Waals surface area contributed by atoms with Crippen molar-refractivity contribution in [1.82, 2.24) is 0 Å². The van der Waals surface area contributed by atoms with Crippen molar-refractivity contribution < 1.29 is 24.2 Å². The minimum atomic E-state index is -0.773. The highest BCUT2D eigenvalue weighted by Crippen LogP contribution is 2.45. The summed E-state index contributed by atoms with van der Waals surface area (Å²) in [7, 11) is 2.97. The number of carbonyl (C=O) groups is 2. The summed E-state index contributed by atoms with van der Waals surface area (Å²) in [6.07, 6.45) is 0. The van der Waals surface area contributed by atoms with Crippen molar-refractivity contribution >= 4 is 50.4 Å². The van der Waals surface area contributed by atoms with Crippen LogP contribution in [-0.4, -0.2) is 31.0 Å². The molecule has 1 atom stereocenters. The Kier molecular flexibility index (Phi) is 5.84. The highest BCUT2D eigenvalue weighted by atomic mass is 79.9. The Labute approximate surface area is 191 Å². The third-order valence-electron chi connectivity index (χ3n) is 5.01. The third kappa shape index (κ3) is 3.73. The summed E-state index contributed by atoms with van der Waals surface area (Å²) in [6.45, 7) is 0. The molecule has 1 unspecified atom stereocenters. The van der Waals surface area contributed by atoms with Crippen LogP contribution in [-0.2, 0) is 9.59 Å². The molecule has 4 rings (SSSR count). The molecule has 1 saturated heterocycles. The molecule has 31 heavy (non-hydrogen) atoms. The van der Waals surface area contributed by atoms with Gasteiger partial charge in [0.1, 0.15) is 23.3 Å². The van der Waals surface area contributed by atoms with Crippen LogP contribution >= 0.6 is 27.3 Å². The number of aliphatic hydroxyl groups excluding tert-OH is 1. The normalized spacial score (nSPS) is 17.8. The Bertz CT molecular complexity index is 1190. The Morgan fingerprint density at radius 1 is 1.06 bits per heavy atom. The van der Waals surface area contributed by atoms with Gasteiger partial charge in [-0.2, -0.15) is 0 Å². The van der Waals surface area contributed by atoms with Gasteiger partial charge in [0, 0.05) is 15.0 Å². The number of carbonyl (C=O) groups excluding carboxylic acids is 2. The van der Waals surface area contributed by atoms with Crippen LogP contribution in [0.2, 0.25) is 0 Å². The number of rotatable bonds is 5. The van der Waals surface area contributed by atoms with Crippen LogP contribution < -0.4 is 14.4 Å². The number of methoxy groups -OCH3 is 2. The van der Waals surface area contributed by atoms with Gasteiger partial charge in [-0.15, -0.1) is 11.3 Å². The predicted octanol–water partition coefficient (Wildman–Crippen LogP) is 5.15. The maximum Gasteiger partial charge on any atom is 0.300 e. The SMILES string of the molecule is COc1ccc(OC)c(/C(O)=C2/C(=O)C(=O)N(c3cccc(Br)c3)C2c2cccs2)c1. The van der Waals surface area contributed by atoms with Gasteiger partial charge in [-0.05, 0) is 47.8 Å². The standard InChI is InChI=1S/C23H18BrNO5S/c1-29-15-8-9-17(30-2)16(12-15)21(26)19-20(18-7-4-10-31-18)25(23(28)22(19)27)14-6-3-5-13(24)11-14/h3-12,20,26H,1-2H3/b21-19-. The second-order valence-electron chi connectivity index (χ2n) is 6.73. The maximum atomic E-state index is 13.2. The van der Waals surface area contributed by atoms with E-state index < -0.39 is 17.7 Å². The molecular formula is C23H18BrNO5S. The summed E-state index contributed by atoms with van der Waals surface area (Å²) >= 11 is 4.82. The van der Waals surface area contributed by atoms with Crippen molar-refractivity contribution in [1.29, 1.82) is 0 Å². The van der Waals surface area contributed by atoms with Crippen molar-refractivity contribution in [2.75, 3.05) is 19.1 Å². The Morgan fingerprint density at radius 3 is 2.52 bits per heavy atom. The first-order chi connectivity index (χ1) is 15.0. The van der Waals surface area contributed by atoms with Crippen molar-refractivity contribution in [3.63, 3.8) is 0 Å². The van der Waals surface area contributed by atoms with Gasteiger partial charge in [0.2, 0.25) is 0 Å². The van der Waals surface area contributed by atoms with Gasteiger partial charge in [0.15, 0.2) is 0 Å². The molecule has 1 aromatic heterocycles. The number of ketones is 1. The van der Waals surface area contributed by atoms with Crippen LogP contribution in [0.15, 0.2) is 70.0 Å². The molecule has 3 aromatic rings. The molecule has 0 aliphatic carbocycles. The van der Waals surface area contributed by atoms with Gasteiger partial charge < -0.3 is 14.6 Å². The van der Waals surface area contributed by atoms with Crippen LogP contribution in [0.5, 0.6) is 11.5 Å². The molecule has 158 valence electrons. The lowest BCUT2D eigenvalue weighted by atomic mass is 9.99. The number of benzene rings is 2. The molecule has 2 aromatic carbocycles. The van der Waals surface area contributed by atoms with Crippen molar-refractivity contribution in [3.8, 4) is 11.5 Å². The first-order valence-electron chi connectivity index (χ1n) is 9.28. The number of amides is 1. The second-order valence-corrected chi connectivity index (χ2v) is 8.63. The van der Waals surface area contributed by atoms with E-state index in [0.29, 0.717) is 17.2 Å². The molecule has 1 fully saturated rings. The zero-order valence-corrected chi connectivity index (χ0v) is 19.1. The minimum Gasteiger partial charge on any atom is -0.507 e. The van der Waals surface area contributed by atoms with E-state index >= 15 is 0 Å². The second kappa shape index (κ2) is 8.56. The lowest BCUT2D eigenvalue weighted by Gasteiger charge is -2.24. The number of thiophene rings is 1. The molecular weight excluding hydrogens is 482 g/mol. The molecule has 0 spiro atoms. The number of aliphatic hydroxyl groups is 1. The quantitative estimate of drug-likeness (QED) is 0.298. The van der Waals surface area contributed by atoms with E-state index in [2.05, 4.69) is 15.9 Å². The first kappa shape index (κ1) is 21.1. The average Bonchev–Trinajstić information content (AvgIpc) is 3.40. The van der Waals surface area contributed by atoms with Gasteiger partial charge in [0.25, 0.3) is 11.7 Å². The van der Waals surface area contributed by atoms with E-state index in [0.717, 1.165) is 9.35 Å². The fourth-order valence-corrected chi connectivity index (χ4v) is 4.80. The summed E-state index contributed by atoms with van der Waals surface area (Å²) in [5.41, 5.74) is 0.821. The Morgan fingerprint density at radius 2 is 1.87 bits per heavy atom. The van der Waals surface area contributed by atoms with Gasteiger partial charge in [-0.3, -0.25) is 14.5 Å². The zero-order valence-electron chi connectivity index (χ0n) is 16.7. The lowest BCUT2D eigenvalue weighted by molar-refractivity contribution is -0.132. The molecule has 0 radical (unpaired) electrons. The number of Topliss-reactive ketones (excluding diaryl/α,β-unsaturated/α-hetero) is 1. The molecule has 0 bridgehead atoms. The topological polar surface area (TPSA) is 76.1 Å². The monoisotopic (exact) mass is 499 g/mol. The van der Waals surface area contributed by atoms with E-state index in [-0.39, 0.29) is 16.9 Å². The number of ether oxygens (including phenoxy) is 2. The molecule has 1 aliphatic rings. The fourth-order valence-electron chi connectivity index (χ4n) is 3.59. The summed E-state index contributed by atoms with van der Waals surface area (Å²) in [4.78, 5) is 28.4. The van der Waals surface area contributed by atoms with Gasteiger partial charge in [0.05, 0.1) is 25.4 Å². The summed E-state index contributed by atoms with van der Waals surface area (Å²) in [6, 6.07) is 14.9. The minimum absolute atomic E-state index is 0.000946. The molecule has 1 amide bonds. The van der Waals surface area contributed by atoms with Crippen LogP contribution in [0, 0.1) is 0 Å². The van der Waals surface area contributed by atoms with Crippen LogP contribution in [0.25, 0.3) is 5.76 Å². The van der Waals surface area contributed by atoms with Crippen LogP contribution in [0.1, 0.15) is 16.5 Å². The smallest absolute Gasteiger partial charge is 0.300 e. The Hall–Kier alpha value is -3.10. The Balaban J connectivity index is 1.96. The highest BCUT2D eigenvalue weighted by Gasteiger charge is 2.47. The van der Waals surface area contributed by atoms with E-state index in [9.17, 15) is 14.7 Å². The van der Waals surface area contributed by atoms with Crippen molar-refractivity contribution in [2.45, 2.75) is 6.04 Å². The molecule has 1 N–H and O–H groups in total. The third-order valence-corrected chi connectivity index (χ3v) is 6.42. The average molecular weight is 500 g/mol. The van der Waals surface area contributed by atoms with Crippen LogP contribution in [0.3, 0.4) is 0 Å². The van der Waals surface area contributed by atoms with Gasteiger partial charge >= 0.3 is 0 Å². The summed E-state index contributed by atoms with van der Waals surface area (Å²) < 4.78 is 11.4. The predicted molar refractivity (Wildman–Crippen MR) is 123 cm³/mol. The number of hydrogen-bond donors (Lipinski definition) is 1. The molecule has 1 aliphatic heterocycles. The van der Waals surface area contributed by atoms with E-state index in [1.54, 1.807) is 36.4 Å². The van der Waals surface area contributed by atoms with Crippen LogP contribution in [0.4, 0.5) is 5.69 Å². The zero-order chi connectivity index (χ0) is 22.1. The van der Waals surface area contributed by atoms with E-state index in [1.165, 1.54) is 30.5 Å². The van der Waals surface area contributed by atoms with E-state index in [1.807, 2.05) is 23.6 Å². The van der Waals surface area contributed by atoms with Crippen molar-refractivity contribution in [2.24, 2.45) is 0 Å². The number of halogens is 1. The highest BCUT2D eigenvalue weighted by molar-refractivity contribution is 9.10. The van der Waals surface area contributed by atoms with E-state index in [4.69, 9.17) is 9.47 Å². The van der Waals surface area contributed by atoms with Crippen molar-refractivity contribution in [3.05, 3.63) is 80.5 Å². The molecule has 8 heteroatoms. The number of anilines is 1. The molecule has 6 nitrogen and oxygen atoms in total. The summed E-state index contributed by atoms with van der Waals surface area (Å²) in [5.74, 6) is -0.946. The molecule has 2 heterocycles. The number of nitrogens with zero attached hydrogens (tertiary/aromatic N) is 1.